The zero-order valence-corrected chi connectivity index (χ0v) is 18.3. The van der Waals surface area contributed by atoms with Gasteiger partial charge in [0.2, 0.25) is 5.91 Å². The molecule has 0 aromatic heterocycles. The molecule has 1 N–H and O–H groups in total. The molecule has 4 rings (SSSR count). The highest BCUT2D eigenvalue weighted by Gasteiger charge is 2.49. The van der Waals surface area contributed by atoms with E-state index < -0.39 is 0 Å². The maximum atomic E-state index is 12.9. The van der Waals surface area contributed by atoms with Gasteiger partial charge in [0.15, 0.2) is 0 Å². The minimum Gasteiger partial charge on any atom is -0.380 e. The molecule has 1 heterocycles. The number of aryl methyl sites for hydroxylation is 1. The van der Waals surface area contributed by atoms with Crippen molar-refractivity contribution in [2.45, 2.75) is 51.2 Å². The second kappa shape index (κ2) is 9.65. The van der Waals surface area contributed by atoms with Crippen molar-refractivity contribution in [2.75, 3.05) is 20.2 Å². The Morgan fingerprint density at radius 1 is 1.00 bits per heavy atom. The Bertz CT molecular complexity index is 887. The number of benzene rings is 2. The molecule has 0 bridgehead atoms. The molecule has 1 aliphatic carbocycles. The Hall–Kier alpha value is -2.66. The summed E-state index contributed by atoms with van der Waals surface area (Å²) in [6, 6.07) is 18.1. The number of nitrogens with zero attached hydrogens (tertiary/aromatic N) is 1. The largest absolute Gasteiger partial charge is 0.380 e. The van der Waals surface area contributed by atoms with Gasteiger partial charge in [-0.05, 0) is 60.8 Å². The van der Waals surface area contributed by atoms with Gasteiger partial charge in [-0.3, -0.25) is 9.59 Å². The van der Waals surface area contributed by atoms with E-state index in [9.17, 15) is 9.59 Å². The summed E-state index contributed by atoms with van der Waals surface area (Å²) in [5.74, 6) is 0.240. The van der Waals surface area contributed by atoms with Crippen molar-refractivity contribution in [1.82, 2.24) is 10.2 Å². The fourth-order valence-corrected chi connectivity index (χ4v) is 4.94. The van der Waals surface area contributed by atoms with Crippen LogP contribution in [0.15, 0.2) is 54.6 Å². The minimum absolute atomic E-state index is 0.0987. The van der Waals surface area contributed by atoms with E-state index >= 15 is 0 Å². The first-order valence-corrected chi connectivity index (χ1v) is 11.3. The molecule has 5 heteroatoms. The van der Waals surface area contributed by atoms with Crippen molar-refractivity contribution in [1.29, 1.82) is 0 Å². The molecule has 5 nitrogen and oxygen atoms in total. The number of amides is 2. The van der Waals surface area contributed by atoms with Gasteiger partial charge in [-0.1, -0.05) is 42.5 Å². The lowest BCUT2D eigenvalue weighted by Crippen LogP contribution is -2.59. The Balaban J connectivity index is 1.26. The zero-order valence-electron chi connectivity index (χ0n) is 18.3. The maximum Gasteiger partial charge on any atom is 0.253 e. The number of likely N-dealkylation sites (tertiary alicyclic amines) is 1. The lowest BCUT2D eigenvalue weighted by atomic mass is 9.59. The normalized spacial score (nSPS) is 19.6. The molecule has 1 saturated carbocycles. The van der Waals surface area contributed by atoms with E-state index in [-0.39, 0.29) is 23.3 Å². The van der Waals surface area contributed by atoms with E-state index in [1.165, 1.54) is 5.56 Å². The Kier molecular flexibility index (Phi) is 6.71. The van der Waals surface area contributed by atoms with Gasteiger partial charge < -0.3 is 15.0 Å². The average molecular weight is 421 g/mol. The van der Waals surface area contributed by atoms with Crippen LogP contribution in [0.5, 0.6) is 0 Å². The highest BCUT2D eigenvalue weighted by molar-refractivity contribution is 5.94. The van der Waals surface area contributed by atoms with E-state index in [0.717, 1.165) is 56.3 Å². The lowest BCUT2D eigenvalue weighted by Gasteiger charge is -2.54. The van der Waals surface area contributed by atoms with Crippen LogP contribution in [-0.2, 0) is 22.6 Å². The Morgan fingerprint density at radius 2 is 1.71 bits per heavy atom. The van der Waals surface area contributed by atoms with Crippen LogP contribution in [0, 0.1) is 5.41 Å². The van der Waals surface area contributed by atoms with E-state index in [0.29, 0.717) is 13.0 Å². The van der Waals surface area contributed by atoms with Gasteiger partial charge >= 0.3 is 0 Å². The number of nitrogens with one attached hydrogen (secondary N) is 1. The highest BCUT2D eigenvalue weighted by atomic mass is 16.5. The number of hydrogen-bond donors (Lipinski definition) is 1. The van der Waals surface area contributed by atoms with E-state index in [1.54, 1.807) is 7.11 Å². The molecule has 1 aliphatic heterocycles. The summed E-state index contributed by atoms with van der Waals surface area (Å²) in [7, 11) is 1.67. The summed E-state index contributed by atoms with van der Waals surface area (Å²) in [6.07, 6.45) is 5.42. The topological polar surface area (TPSA) is 58.6 Å². The van der Waals surface area contributed by atoms with Gasteiger partial charge in [0.1, 0.15) is 0 Å². The third-order valence-electron chi connectivity index (χ3n) is 7.05. The van der Waals surface area contributed by atoms with Crippen LogP contribution < -0.4 is 5.32 Å². The SMILES string of the molecule is COCc1ccc(C(=O)N2CCC3(CCC3NC(=O)CCc3ccccc3)CC2)cc1. The van der Waals surface area contributed by atoms with Crippen molar-refractivity contribution in [3.8, 4) is 0 Å². The van der Waals surface area contributed by atoms with Gasteiger partial charge in [-0.15, -0.1) is 0 Å². The van der Waals surface area contributed by atoms with Crippen LogP contribution in [-0.4, -0.2) is 43.0 Å². The third-order valence-corrected chi connectivity index (χ3v) is 7.05. The quantitative estimate of drug-likeness (QED) is 0.737. The maximum absolute atomic E-state index is 12.9. The average Bonchev–Trinajstić information content (AvgIpc) is 2.81. The summed E-state index contributed by atoms with van der Waals surface area (Å²) in [5.41, 5.74) is 3.16. The van der Waals surface area contributed by atoms with Crippen LogP contribution in [0.1, 0.15) is 53.6 Å². The molecule has 0 radical (unpaired) electrons. The molecule has 1 spiro atoms. The van der Waals surface area contributed by atoms with Crippen molar-refractivity contribution in [3.63, 3.8) is 0 Å². The number of carbonyl (C=O) groups is 2. The molecule has 2 amide bonds. The van der Waals surface area contributed by atoms with Gasteiger partial charge in [-0.25, -0.2) is 0 Å². The minimum atomic E-state index is 0.0987. The third kappa shape index (κ3) is 4.99. The predicted octanol–water partition coefficient (Wildman–Crippen LogP) is 3.97. The summed E-state index contributed by atoms with van der Waals surface area (Å²) in [5, 5.41) is 3.29. The Labute approximate surface area is 184 Å². The van der Waals surface area contributed by atoms with Crippen molar-refractivity contribution < 1.29 is 14.3 Å². The summed E-state index contributed by atoms with van der Waals surface area (Å²) >= 11 is 0. The first kappa shape index (κ1) is 21.6. The van der Waals surface area contributed by atoms with Crippen LogP contribution in [0.2, 0.25) is 0 Å². The summed E-state index contributed by atoms with van der Waals surface area (Å²) in [6.45, 7) is 2.07. The van der Waals surface area contributed by atoms with Gasteiger partial charge in [0.25, 0.3) is 5.91 Å². The molecule has 31 heavy (non-hydrogen) atoms. The van der Waals surface area contributed by atoms with E-state index in [1.807, 2.05) is 47.4 Å². The monoisotopic (exact) mass is 420 g/mol. The number of ether oxygens (including phenoxy) is 1. The smallest absolute Gasteiger partial charge is 0.253 e. The van der Waals surface area contributed by atoms with Crippen LogP contribution in [0.4, 0.5) is 0 Å². The van der Waals surface area contributed by atoms with E-state index in [2.05, 4.69) is 17.4 Å². The van der Waals surface area contributed by atoms with E-state index in [4.69, 9.17) is 4.74 Å². The molecular formula is C26H32N2O3. The van der Waals surface area contributed by atoms with Gasteiger partial charge in [0, 0.05) is 38.2 Å². The molecule has 1 saturated heterocycles. The van der Waals surface area contributed by atoms with Crippen LogP contribution in [0.25, 0.3) is 0 Å². The zero-order chi connectivity index (χ0) is 21.7. The summed E-state index contributed by atoms with van der Waals surface area (Å²) < 4.78 is 5.14. The van der Waals surface area contributed by atoms with Gasteiger partial charge in [0.05, 0.1) is 6.61 Å². The predicted molar refractivity (Wildman–Crippen MR) is 121 cm³/mol. The second-order valence-electron chi connectivity index (χ2n) is 8.93. The molecule has 1 unspecified atom stereocenters. The fraction of sp³-hybridized carbons (Fsp3) is 0.462. The Morgan fingerprint density at radius 3 is 2.32 bits per heavy atom. The van der Waals surface area contributed by atoms with Crippen molar-refractivity contribution in [3.05, 3.63) is 71.3 Å². The molecule has 164 valence electrons. The number of piperidine rings is 1. The first-order chi connectivity index (χ1) is 15.1. The van der Waals surface area contributed by atoms with Crippen LogP contribution >= 0.6 is 0 Å². The van der Waals surface area contributed by atoms with Gasteiger partial charge in [-0.2, -0.15) is 0 Å². The molecule has 2 aromatic carbocycles. The number of hydrogen-bond acceptors (Lipinski definition) is 3. The number of methoxy groups -OCH3 is 1. The highest BCUT2D eigenvalue weighted by Crippen LogP contribution is 2.49. The fourth-order valence-electron chi connectivity index (χ4n) is 4.94. The summed E-state index contributed by atoms with van der Waals surface area (Å²) in [4.78, 5) is 27.3. The lowest BCUT2D eigenvalue weighted by molar-refractivity contribution is -0.125. The van der Waals surface area contributed by atoms with Crippen LogP contribution in [0.3, 0.4) is 0 Å². The molecule has 2 aliphatic rings. The molecule has 2 fully saturated rings. The van der Waals surface area contributed by atoms with Crippen molar-refractivity contribution in [2.24, 2.45) is 5.41 Å². The number of carbonyl (C=O) groups excluding carboxylic acids is 2. The molecular weight excluding hydrogens is 388 g/mol. The number of rotatable bonds is 7. The first-order valence-electron chi connectivity index (χ1n) is 11.3. The van der Waals surface area contributed by atoms with Crippen molar-refractivity contribution >= 4 is 11.8 Å². The standard InChI is InChI=1S/C26H32N2O3/c1-31-19-21-7-10-22(11-8-21)25(30)28-17-15-26(16-18-28)14-13-23(26)27-24(29)12-9-20-5-3-2-4-6-20/h2-8,10-11,23H,9,12-19H2,1H3,(H,27,29). The molecule has 1 atom stereocenters. The second-order valence-corrected chi connectivity index (χ2v) is 8.93. The molecule has 2 aromatic rings.